The zero-order valence-corrected chi connectivity index (χ0v) is 38.0. The van der Waals surface area contributed by atoms with Gasteiger partial charge >= 0.3 is 0 Å². The fraction of sp³-hybridized carbons (Fsp3) is 0.457. The van der Waals surface area contributed by atoms with E-state index in [1.165, 1.54) is 6.33 Å². The van der Waals surface area contributed by atoms with E-state index in [2.05, 4.69) is 58.7 Å². The Morgan fingerprint density at radius 2 is 1.57 bits per heavy atom. The third-order valence-electron chi connectivity index (χ3n) is 11.5. The van der Waals surface area contributed by atoms with Crippen LogP contribution >= 0.6 is 8.53 Å². The van der Waals surface area contributed by atoms with Gasteiger partial charge in [-0.2, -0.15) is 10.2 Å². The lowest BCUT2D eigenvalue weighted by atomic mass is 9.79. The van der Waals surface area contributed by atoms with Gasteiger partial charge in [0.1, 0.15) is 34.9 Å². The Balaban J connectivity index is 1.39. The van der Waals surface area contributed by atoms with Crippen molar-refractivity contribution in [2.24, 2.45) is 5.92 Å². The maximum absolute atomic E-state index is 13.4. The van der Waals surface area contributed by atoms with Crippen molar-refractivity contribution in [1.82, 2.24) is 24.2 Å². The lowest BCUT2D eigenvalue weighted by Gasteiger charge is -2.43. The normalized spacial score (nSPS) is 21.4. The van der Waals surface area contributed by atoms with Crippen molar-refractivity contribution in [3.63, 3.8) is 0 Å². The largest absolute Gasteiger partial charge is 0.497 e. The van der Waals surface area contributed by atoms with Gasteiger partial charge in [-0.25, -0.2) is 9.65 Å². The Labute approximate surface area is 368 Å². The van der Waals surface area contributed by atoms with Gasteiger partial charge in [-0.05, 0) is 75.6 Å². The van der Waals surface area contributed by atoms with Gasteiger partial charge in [0.25, 0.3) is 14.1 Å². The molecule has 16 nitrogen and oxygen atoms in total. The summed E-state index contributed by atoms with van der Waals surface area (Å²) in [7, 11) is 1.44. The van der Waals surface area contributed by atoms with Crippen LogP contribution in [0.2, 0.25) is 0 Å². The number of rotatable bonds is 19. The summed E-state index contributed by atoms with van der Waals surface area (Å²) in [6.07, 6.45) is -1.51. The van der Waals surface area contributed by atoms with E-state index in [1.54, 1.807) is 32.6 Å². The number of fused-ring (bicyclic) bond motifs is 3. The molecule has 2 aromatic heterocycles. The minimum atomic E-state index is -1.81. The van der Waals surface area contributed by atoms with E-state index < -0.39 is 49.8 Å². The van der Waals surface area contributed by atoms with Crippen LogP contribution in [0.5, 0.6) is 11.5 Å². The number of methoxy groups -OCH3 is 2. The molecular formula is C46H56N7O9P. The second-order valence-electron chi connectivity index (χ2n) is 16.5. The Bertz CT molecular complexity index is 2380. The molecule has 5 aromatic rings. The predicted molar refractivity (Wildman–Crippen MR) is 237 cm³/mol. The van der Waals surface area contributed by atoms with E-state index in [1.807, 2.05) is 85.8 Å². The third-order valence-corrected chi connectivity index (χ3v) is 13.6. The first-order valence-electron chi connectivity index (χ1n) is 21.1. The number of amides is 1. The molecule has 0 radical (unpaired) electrons. The molecule has 63 heavy (non-hydrogen) atoms. The van der Waals surface area contributed by atoms with E-state index in [4.69, 9.17) is 32.7 Å². The molecule has 334 valence electrons. The van der Waals surface area contributed by atoms with Gasteiger partial charge in [0.15, 0.2) is 17.4 Å². The average Bonchev–Trinajstić information content (AvgIpc) is 3.91. The second-order valence-corrected chi connectivity index (χ2v) is 17.9. The quantitative estimate of drug-likeness (QED) is 0.0474. The fourth-order valence-electron chi connectivity index (χ4n) is 8.32. The highest BCUT2D eigenvalue weighted by Crippen LogP contribution is 2.58. The van der Waals surface area contributed by atoms with Crippen LogP contribution in [-0.2, 0) is 33.7 Å². The summed E-state index contributed by atoms with van der Waals surface area (Å²) in [4.78, 5) is 37.8. The number of carbonyl (C=O) groups excluding carboxylic acids is 1. The van der Waals surface area contributed by atoms with E-state index >= 15 is 0 Å². The summed E-state index contributed by atoms with van der Waals surface area (Å²) in [6, 6.07) is 27.7. The topological polar surface area (TPSA) is 184 Å². The lowest BCUT2D eigenvalue weighted by molar-refractivity contribution is -0.229. The summed E-state index contributed by atoms with van der Waals surface area (Å²) in [5.74, 6) is 0.657. The molecule has 2 N–H and O–H groups in total. The van der Waals surface area contributed by atoms with Crippen LogP contribution in [-0.4, -0.2) is 93.5 Å². The molecule has 3 aromatic carbocycles. The monoisotopic (exact) mass is 881 g/mol. The Hall–Kier alpha value is -5.24. The zero-order valence-electron chi connectivity index (χ0n) is 37.1. The van der Waals surface area contributed by atoms with Gasteiger partial charge in [-0.3, -0.25) is 24.5 Å². The molecule has 0 spiro atoms. The molecule has 2 bridgehead atoms. The third kappa shape index (κ3) is 8.84. The van der Waals surface area contributed by atoms with E-state index in [-0.39, 0.29) is 60.7 Å². The number of nitrogens with zero attached hydrogens (tertiary/aromatic N) is 5. The van der Waals surface area contributed by atoms with E-state index in [0.29, 0.717) is 11.5 Å². The lowest BCUT2D eigenvalue weighted by Crippen LogP contribution is -2.53. The van der Waals surface area contributed by atoms with Crippen LogP contribution in [0.1, 0.15) is 77.8 Å². The van der Waals surface area contributed by atoms with Crippen LogP contribution in [0.3, 0.4) is 0 Å². The van der Waals surface area contributed by atoms with Crippen molar-refractivity contribution in [3.05, 3.63) is 112 Å². The summed E-state index contributed by atoms with van der Waals surface area (Å²) >= 11 is 0. The maximum atomic E-state index is 13.4. The molecule has 2 aliphatic rings. The van der Waals surface area contributed by atoms with Crippen molar-refractivity contribution in [3.8, 4) is 17.6 Å². The van der Waals surface area contributed by atoms with Crippen molar-refractivity contribution in [1.29, 1.82) is 5.26 Å². The van der Waals surface area contributed by atoms with Gasteiger partial charge in [-0.15, -0.1) is 0 Å². The molecular weight excluding hydrogens is 826 g/mol. The number of nitrogens with one attached hydrogen (secondary N) is 2. The number of imidazole rings is 1. The average molecular weight is 882 g/mol. The van der Waals surface area contributed by atoms with Crippen molar-refractivity contribution < 1.29 is 37.5 Å². The summed E-state index contributed by atoms with van der Waals surface area (Å²) in [6.45, 7) is 13.8. The molecule has 2 saturated heterocycles. The molecule has 1 unspecified atom stereocenters. The predicted octanol–water partition coefficient (Wildman–Crippen LogP) is 7.46. The molecule has 0 saturated carbocycles. The number of ether oxygens (including phenoxy) is 5. The summed E-state index contributed by atoms with van der Waals surface area (Å²) in [5.41, 5.74) is -0.372. The number of benzene rings is 3. The van der Waals surface area contributed by atoms with Gasteiger partial charge < -0.3 is 32.7 Å². The Kier molecular flexibility index (Phi) is 14.0. The molecule has 6 atom stereocenters. The number of anilines is 1. The van der Waals surface area contributed by atoms with Gasteiger partial charge in [0.2, 0.25) is 11.9 Å². The first kappa shape index (κ1) is 45.8. The zero-order chi connectivity index (χ0) is 45.1. The molecule has 4 heterocycles. The number of hydrogen-bond donors (Lipinski definition) is 2. The van der Waals surface area contributed by atoms with Crippen molar-refractivity contribution in [2.45, 2.75) is 103 Å². The molecule has 17 heteroatoms. The molecule has 7 rings (SSSR count). The number of H-pyrrole nitrogens is 1. The first-order valence-corrected chi connectivity index (χ1v) is 22.3. The van der Waals surface area contributed by atoms with Crippen molar-refractivity contribution in [2.75, 3.05) is 32.8 Å². The van der Waals surface area contributed by atoms with Gasteiger partial charge in [0.05, 0.1) is 52.4 Å². The Morgan fingerprint density at radius 3 is 2.13 bits per heavy atom. The highest BCUT2D eigenvalue weighted by Gasteiger charge is 2.68. The molecule has 2 aliphatic heterocycles. The fourth-order valence-corrected chi connectivity index (χ4v) is 10.1. The number of carbonyl (C=O) groups is 1. The van der Waals surface area contributed by atoms with Gasteiger partial charge in [-0.1, -0.05) is 68.4 Å². The molecule has 2 fully saturated rings. The summed E-state index contributed by atoms with van der Waals surface area (Å²) in [5, 5.41) is 12.2. The number of aromatic nitrogens is 4. The molecule has 1 amide bonds. The van der Waals surface area contributed by atoms with Crippen LogP contribution in [0.25, 0.3) is 11.2 Å². The van der Waals surface area contributed by atoms with E-state index in [9.17, 15) is 14.9 Å². The Morgan fingerprint density at radius 1 is 0.968 bits per heavy atom. The maximum Gasteiger partial charge on any atom is 0.280 e. The number of hydrogen-bond acceptors (Lipinski definition) is 13. The standard InChI is InChI=1S/C46H56N7O9P/c1-28(2)41(54)50-44-49-40-37(42(55)51-44)48-27-52(40)43-38-39(62-63(59-25-13-24-47)53(29(3)4)30(5)6)45(61-43,31(7)60-38)26-58-46(32-14-11-10-12-15-32,33-16-20-35(56-8)21-17-33)34-18-22-36(57-9)23-19-34/h10-12,14-23,27-31,38-39,43H,13,25-26H2,1-9H3,(H2,49,50,51,54,55)/t31-,38+,39-,43+,45-,63?/m0/s1. The first-order chi connectivity index (χ1) is 30.3. The highest BCUT2D eigenvalue weighted by atomic mass is 31.2. The number of aromatic amines is 1. The van der Waals surface area contributed by atoms with Crippen molar-refractivity contribution >= 4 is 31.5 Å². The van der Waals surface area contributed by atoms with Crippen LogP contribution in [0.15, 0.2) is 90.0 Å². The van der Waals surface area contributed by atoms with Crippen LogP contribution in [0, 0.1) is 17.2 Å². The van der Waals surface area contributed by atoms with Gasteiger partial charge in [0, 0.05) is 18.0 Å². The minimum Gasteiger partial charge on any atom is -0.497 e. The summed E-state index contributed by atoms with van der Waals surface area (Å²) < 4.78 is 50.3. The second kappa shape index (κ2) is 19.2. The molecule has 0 aliphatic carbocycles. The highest BCUT2D eigenvalue weighted by molar-refractivity contribution is 7.44. The smallest absolute Gasteiger partial charge is 0.280 e. The van der Waals surface area contributed by atoms with Crippen LogP contribution < -0.4 is 20.3 Å². The minimum absolute atomic E-state index is 0.00312. The number of nitriles is 1. The van der Waals surface area contributed by atoms with E-state index in [0.717, 1.165) is 16.7 Å². The SMILES string of the molecule is COc1ccc(C(OC[C@]23O[C@@H](n4cnc5c(=O)[nH]c(NC(=O)C(C)C)nc54)[C@H](O[C@H]2C)[C@@H]3OP(OCCC#N)N(C(C)C)C(C)C)(c2ccccc2)c2ccc(OC)cc2)cc1. The van der Waals surface area contributed by atoms with Crippen LogP contribution in [0.4, 0.5) is 5.95 Å².